The van der Waals surface area contributed by atoms with Gasteiger partial charge in [-0.05, 0) is 54.5 Å². The van der Waals surface area contributed by atoms with Crippen molar-refractivity contribution in [1.82, 2.24) is 4.90 Å². The van der Waals surface area contributed by atoms with Crippen molar-refractivity contribution in [2.45, 2.75) is 16.6 Å². The number of nitrogens with zero attached hydrogens (tertiary/aromatic N) is 1. The predicted octanol–water partition coefficient (Wildman–Crippen LogP) is 3.45. The first-order chi connectivity index (χ1) is 14.8. The molecule has 31 heavy (non-hydrogen) atoms. The summed E-state index contributed by atoms with van der Waals surface area (Å²) in [6, 6.07) is 9.53. The van der Waals surface area contributed by atoms with Gasteiger partial charge in [-0.2, -0.15) is 0 Å². The summed E-state index contributed by atoms with van der Waals surface area (Å²) in [6.45, 7) is 0.513. The van der Waals surface area contributed by atoms with Crippen molar-refractivity contribution in [2.75, 3.05) is 34.4 Å². The lowest BCUT2D eigenvalue weighted by molar-refractivity contribution is -0.124. The number of halogens is 1. The van der Waals surface area contributed by atoms with E-state index in [0.717, 1.165) is 0 Å². The summed E-state index contributed by atoms with van der Waals surface area (Å²) in [6.07, 6.45) is 3.43. The number of hydrogen-bond donors (Lipinski definition) is 0. The molecule has 1 atom stereocenters. The molecule has 3 rings (SSSR count). The number of carbonyl (C=O) groups is 1. The van der Waals surface area contributed by atoms with E-state index in [1.807, 2.05) is 0 Å². The van der Waals surface area contributed by atoms with Gasteiger partial charge in [-0.1, -0.05) is 11.6 Å². The van der Waals surface area contributed by atoms with Gasteiger partial charge < -0.3 is 19.1 Å². The van der Waals surface area contributed by atoms with E-state index < -0.39 is 15.1 Å². The molecule has 1 amide bonds. The summed E-state index contributed by atoms with van der Waals surface area (Å²) in [5.74, 6) is 1.15. The minimum absolute atomic E-state index is 0.142. The Kier molecular flexibility index (Phi) is 7.12. The third-order valence-corrected chi connectivity index (χ3v) is 7.59. The van der Waals surface area contributed by atoms with Crippen LogP contribution in [0.15, 0.2) is 47.4 Å². The SMILES string of the molecule is COc1cc(/C=C/C(=O)N2CCC(S(=O)(=O)c3ccc(Cl)cc3)C2)cc(OC)c1OC. The van der Waals surface area contributed by atoms with Gasteiger partial charge in [0.15, 0.2) is 21.3 Å². The molecular formula is C22H24ClNO6S. The van der Waals surface area contributed by atoms with Crippen molar-refractivity contribution in [3.8, 4) is 17.2 Å². The van der Waals surface area contributed by atoms with Gasteiger partial charge in [-0.15, -0.1) is 0 Å². The van der Waals surface area contributed by atoms with Gasteiger partial charge in [0.25, 0.3) is 0 Å². The molecule has 0 aromatic heterocycles. The maximum atomic E-state index is 12.9. The third-order valence-electron chi connectivity index (χ3n) is 5.14. The van der Waals surface area contributed by atoms with E-state index in [9.17, 15) is 13.2 Å². The van der Waals surface area contributed by atoms with Crippen LogP contribution < -0.4 is 14.2 Å². The Labute approximate surface area is 187 Å². The number of benzene rings is 2. The number of sulfone groups is 1. The zero-order valence-corrected chi connectivity index (χ0v) is 19.1. The fourth-order valence-electron chi connectivity index (χ4n) is 3.47. The topological polar surface area (TPSA) is 82.1 Å². The molecule has 1 aliphatic heterocycles. The zero-order valence-electron chi connectivity index (χ0n) is 17.5. The lowest BCUT2D eigenvalue weighted by atomic mass is 10.1. The average molecular weight is 466 g/mol. The highest BCUT2D eigenvalue weighted by molar-refractivity contribution is 7.92. The van der Waals surface area contributed by atoms with Crippen LogP contribution in [0.25, 0.3) is 6.08 Å². The van der Waals surface area contributed by atoms with Crippen LogP contribution in [0.3, 0.4) is 0 Å². The quantitative estimate of drug-likeness (QED) is 0.582. The van der Waals surface area contributed by atoms with E-state index in [1.54, 1.807) is 30.3 Å². The number of carbonyl (C=O) groups excluding carboxylic acids is 1. The minimum Gasteiger partial charge on any atom is -0.493 e. The van der Waals surface area contributed by atoms with Crippen LogP contribution in [-0.2, 0) is 14.6 Å². The molecule has 1 saturated heterocycles. The minimum atomic E-state index is -3.54. The summed E-state index contributed by atoms with van der Waals surface area (Å²) in [5.41, 5.74) is 0.687. The second-order valence-electron chi connectivity index (χ2n) is 6.99. The van der Waals surface area contributed by atoms with Gasteiger partial charge in [0.1, 0.15) is 0 Å². The van der Waals surface area contributed by atoms with Crippen LogP contribution in [0.5, 0.6) is 17.2 Å². The normalized spacial score (nSPS) is 16.5. The second kappa shape index (κ2) is 9.62. The summed E-state index contributed by atoms with van der Waals surface area (Å²) in [7, 11) is 1.01. The summed E-state index contributed by atoms with van der Waals surface area (Å²) < 4.78 is 41.6. The molecule has 1 fully saturated rings. The molecule has 0 aliphatic carbocycles. The molecule has 1 aliphatic rings. The molecule has 1 unspecified atom stereocenters. The van der Waals surface area contributed by atoms with Gasteiger partial charge in [0, 0.05) is 24.2 Å². The Hall–Kier alpha value is -2.71. The number of amides is 1. The molecule has 0 spiro atoms. The summed E-state index contributed by atoms with van der Waals surface area (Å²) >= 11 is 5.85. The van der Waals surface area contributed by atoms with E-state index >= 15 is 0 Å². The van der Waals surface area contributed by atoms with Crippen LogP contribution in [-0.4, -0.2) is 58.9 Å². The standard InChI is InChI=1S/C22H24ClNO6S/c1-28-19-12-15(13-20(29-2)22(19)30-3)4-9-21(25)24-11-10-18(14-24)31(26,27)17-7-5-16(23)6-8-17/h4-9,12-13,18H,10-11,14H2,1-3H3/b9-4+. The van der Waals surface area contributed by atoms with Gasteiger partial charge in [-0.25, -0.2) is 8.42 Å². The monoisotopic (exact) mass is 465 g/mol. The Balaban J connectivity index is 1.72. The van der Waals surface area contributed by atoms with Crippen molar-refractivity contribution in [1.29, 1.82) is 0 Å². The maximum Gasteiger partial charge on any atom is 0.246 e. The Morgan fingerprint density at radius 2 is 1.68 bits per heavy atom. The van der Waals surface area contributed by atoms with E-state index in [2.05, 4.69) is 0 Å². The van der Waals surface area contributed by atoms with Crippen LogP contribution in [0.2, 0.25) is 5.02 Å². The lowest BCUT2D eigenvalue weighted by Crippen LogP contribution is -2.30. The maximum absolute atomic E-state index is 12.9. The summed E-state index contributed by atoms with van der Waals surface area (Å²) in [4.78, 5) is 14.4. The lowest BCUT2D eigenvalue weighted by Gasteiger charge is -2.15. The van der Waals surface area contributed by atoms with Crippen LogP contribution >= 0.6 is 11.6 Å². The number of hydrogen-bond acceptors (Lipinski definition) is 6. The highest BCUT2D eigenvalue weighted by Gasteiger charge is 2.35. The highest BCUT2D eigenvalue weighted by atomic mass is 35.5. The molecule has 7 nitrogen and oxygen atoms in total. The third kappa shape index (κ3) is 4.97. The number of methoxy groups -OCH3 is 3. The fraction of sp³-hybridized carbons (Fsp3) is 0.318. The van der Waals surface area contributed by atoms with E-state index in [-0.39, 0.29) is 17.3 Å². The average Bonchev–Trinajstić information content (AvgIpc) is 3.28. The van der Waals surface area contributed by atoms with Crippen LogP contribution in [0.4, 0.5) is 0 Å². The largest absolute Gasteiger partial charge is 0.493 e. The van der Waals surface area contributed by atoms with Crippen LogP contribution in [0.1, 0.15) is 12.0 Å². The fourth-order valence-corrected chi connectivity index (χ4v) is 5.29. The molecule has 1 heterocycles. The molecule has 9 heteroatoms. The Morgan fingerprint density at radius 3 is 2.23 bits per heavy atom. The number of rotatable bonds is 7. The van der Waals surface area contributed by atoms with Crippen molar-refractivity contribution < 1.29 is 27.4 Å². The summed E-state index contributed by atoms with van der Waals surface area (Å²) in [5, 5.41) is -0.175. The van der Waals surface area contributed by atoms with Gasteiger partial charge >= 0.3 is 0 Å². The zero-order chi connectivity index (χ0) is 22.6. The van der Waals surface area contributed by atoms with Crippen LogP contribution in [0, 0.1) is 0 Å². The molecular weight excluding hydrogens is 442 g/mol. The second-order valence-corrected chi connectivity index (χ2v) is 9.65. The molecule has 2 aromatic carbocycles. The first-order valence-corrected chi connectivity index (χ1v) is 11.5. The Morgan fingerprint density at radius 1 is 1.06 bits per heavy atom. The Bertz CT molecular complexity index is 1060. The van der Waals surface area contributed by atoms with E-state index in [0.29, 0.717) is 40.8 Å². The first kappa shape index (κ1) is 23.0. The number of likely N-dealkylation sites (tertiary alicyclic amines) is 1. The van der Waals surface area contributed by atoms with Crippen molar-refractivity contribution >= 4 is 33.4 Å². The molecule has 2 aromatic rings. The van der Waals surface area contributed by atoms with Gasteiger partial charge in [0.05, 0.1) is 31.5 Å². The molecule has 0 radical (unpaired) electrons. The molecule has 166 valence electrons. The van der Waals surface area contributed by atoms with Crippen molar-refractivity contribution in [3.05, 3.63) is 53.1 Å². The van der Waals surface area contributed by atoms with Gasteiger partial charge in [0.2, 0.25) is 11.7 Å². The molecule has 0 saturated carbocycles. The van der Waals surface area contributed by atoms with Crippen molar-refractivity contribution in [2.24, 2.45) is 0 Å². The van der Waals surface area contributed by atoms with Crippen molar-refractivity contribution in [3.63, 3.8) is 0 Å². The molecule has 0 bridgehead atoms. The molecule has 0 N–H and O–H groups in total. The van der Waals surface area contributed by atoms with E-state index in [4.69, 9.17) is 25.8 Å². The van der Waals surface area contributed by atoms with E-state index in [1.165, 1.54) is 44.4 Å². The smallest absolute Gasteiger partial charge is 0.246 e. The number of ether oxygens (including phenoxy) is 3. The first-order valence-electron chi connectivity index (χ1n) is 9.56. The highest BCUT2D eigenvalue weighted by Crippen LogP contribution is 2.38. The predicted molar refractivity (Wildman–Crippen MR) is 119 cm³/mol. The van der Waals surface area contributed by atoms with Gasteiger partial charge in [-0.3, -0.25) is 4.79 Å².